The van der Waals surface area contributed by atoms with E-state index in [1.54, 1.807) is 0 Å². The summed E-state index contributed by atoms with van der Waals surface area (Å²) in [5.74, 6) is -2.53. The van der Waals surface area contributed by atoms with E-state index in [-0.39, 0.29) is 0 Å². The maximum absolute atomic E-state index is 12.1. The van der Waals surface area contributed by atoms with Crippen molar-refractivity contribution >= 4 is 16.1 Å². The lowest BCUT2D eigenvalue weighted by molar-refractivity contribution is -0.169. The zero-order valence-corrected chi connectivity index (χ0v) is 6.22. The van der Waals surface area contributed by atoms with Crippen LogP contribution in [-0.4, -0.2) is 36.1 Å². The summed E-state index contributed by atoms with van der Waals surface area (Å²) in [5, 5.41) is 2.77. The Morgan fingerprint density at radius 2 is 1.92 bits per heavy atom. The minimum absolute atomic E-state index is 1.40. The molecule has 0 radical (unpaired) electrons. The Labute approximate surface area is 65.5 Å². The fraction of sp³-hybridized carbons (Fsp3) is 0.667. The number of aliphatic hydroxyl groups is 1. The SMILES string of the molecule is O=C(OCO)C(F)(F)S(=O)(=O)O. The number of ether oxygens (including phenoxy) is 1. The molecule has 9 heteroatoms. The van der Waals surface area contributed by atoms with Crippen molar-refractivity contribution in [3.8, 4) is 0 Å². The van der Waals surface area contributed by atoms with Crippen LogP contribution in [0.1, 0.15) is 0 Å². The molecule has 0 aromatic heterocycles. The van der Waals surface area contributed by atoms with Crippen molar-refractivity contribution in [3.63, 3.8) is 0 Å². The van der Waals surface area contributed by atoms with Crippen LogP contribution in [0.3, 0.4) is 0 Å². The highest BCUT2D eigenvalue weighted by atomic mass is 32.2. The minimum Gasteiger partial charge on any atom is -0.433 e. The van der Waals surface area contributed by atoms with E-state index in [0.29, 0.717) is 0 Å². The highest BCUT2D eigenvalue weighted by Crippen LogP contribution is 2.21. The average Bonchev–Trinajstić information content (AvgIpc) is 1.85. The summed E-state index contributed by atoms with van der Waals surface area (Å²) in [5.41, 5.74) is 0. The van der Waals surface area contributed by atoms with Crippen molar-refractivity contribution in [1.82, 2.24) is 0 Å². The zero-order chi connectivity index (χ0) is 9.99. The maximum atomic E-state index is 12.1. The van der Waals surface area contributed by atoms with Crippen molar-refractivity contribution < 1.29 is 36.4 Å². The highest BCUT2D eigenvalue weighted by Gasteiger charge is 2.54. The van der Waals surface area contributed by atoms with Crippen LogP contribution in [-0.2, 0) is 19.6 Å². The lowest BCUT2D eigenvalue weighted by atomic mass is 10.7. The van der Waals surface area contributed by atoms with Gasteiger partial charge >= 0.3 is 21.3 Å². The van der Waals surface area contributed by atoms with Gasteiger partial charge in [0.25, 0.3) is 0 Å². The van der Waals surface area contributed by atoms with E-state index >= 15 is 0 Å². The van der Waals surface area contributed by atoms with Crippen LogP contribution in [0.2, 0.25) is 0 Å². The summed E-state index contributed by atoms with van der Waals surface area (Å²) in [4.78, 5) is 10.0. The fourth-order valence-electron chi connectivity index (χ4n) is 0.248. The summed E-state index contributed by atoms with van der Waals surface area (Å²) in [6.07, 6.45) is 0. The molecule has 6 nitrogen and oxygen atoms in total. The van der Waals surface area contributed by atoms with Crippen LogP contribution < -0.4 is 0 Å². The van der Waals surface area contributed by atoms with E-state index in [1.807, 2.05) is 0 Å². The van der Waals surface area contributed by atoms with Crippen LogP contribution in [0.5, 0.6) is 0 Å². The van der Waals surface area contributed by atoms with Gasteiger partial charge in [-0.25, -0.2) is 4.79 Å². The molecule has 0 unspecified atom stereocenters. The topological polar surface area (TPSA) is 101 Å². The fourth-order valence-corrected chi connectivity index (χ4v) is 0.517. The van der Waals surface area contributed by atoms with E-state index < -0.39 is 28.1 Å². The first-order chi connectivity index (χ1) is 5.23. The standard InChI is InChI=1S/C3H4F2O6S/c4-3(5,12(8,9)10)2(7)11-1-6/h6H,1H2,(H,8,9,10). The normalized spacial score (nSPS) is 12.7. The first-order valence-electron chi connectivity index (χ1n) is 2.36. The van der Waals surface area contributed by atoms with Crippen LogP contribution in [0, 0.1) is 0 Å². The van der Waals surface area contributed by atoms with Crippen molar-refractivity contribution in [2.75, 3.05) is 6.79 Å². The summed E-state index contributed by atoms with van der Waals surface area (Å²) >= 11 is 0. The number of carbonyl (C=O) groups excluding carboxylic acids is 1. The first kappa shape index (κ1) is 11.2. The molecule has 0 rings (SSSR count). The van der Waals surface area contributed by atoms with Crippen molar-refractivity contribution in [2.45, 2.75) is 5.25 Å². The van der Waals surface area contributed by atoms with Crippen molar-refractivity contribution in [2.24, 2.45) is 0 Å². The Kier molecular flexibility index (Phi) is 3.07. The van der Waals surface area contributed by atoms with Crippen molar-refractivity contribution in [1.29, 1.82) is 0 Å². The van der Waals surface area contributed by atoms with Gasteiger partial charge in [0.2, 0.25) is 0 Å². The van der Waals surface area contributed by atoms with Gasteiger partial charge in [0, 0.05) is 0 Å². The molecule has 0 aliphatic rings. The van der Waals surface area contributed by atoms with Crippen LogP contribution in [0.15, 0.2) is 0 Å². The Hall–Kier alpha value is -0.800. The van der Waals surface area contributed by atoms with Crippen LogP contribution >= 0.6 is 0 Å². The molecule has 0 aliphatic carbocycles. The molecule has 0 bridgehead atoms. The first-order valence-corrected chi connectivity index (χ1v) is 3.80. The molecular formula is C3H4F2O6S. The monoisotopic (exact) mass is 206 g/mol. The van der Waals surface area contributed by atoms with E-state index in [9.17, 15) is 22.0 Å². The van der Waals surface area contributed by atoms with Gasteiger partial charge in [0.1, 0.15) is 0 Å². The van der Waals surface area contributed by atoms with Gasteiger partial charge in [0.05, 0.1) is 0 Å². The molecule has 0 spiro atoms. The molecule has 0 aromatic carbocycles. The van der Waals surface area contributed by atoms with E-state index in [0.717, 1.165) is 0 Å². The lowest BCUT2D eigenvalue weighted by Gasteiger charge is -2.09. The summed E-state index contributed by atoms with van der Waals surface area (Å²) in [7, 11) is -5.84. The second-order valence-electron chi connectivity index (χ2n) is 1.55. The Bertz CT molecular complexity index is 269. The predicted molar refractivity (Wildman–Crippen MR) is 29.7 cm³/mol. The van der Waals surface area contributed by atoms with Gasteiger partial charge in [-0.15, -0.1) is 0 Å². The minimum atomic E-state index is -5.84. The van der Waals surface area contributed by atoms with Gasteiger partial charge in [-0.05, 0) is 0 Å². The molecular weight excluding hydrogens is 202 g/mol. The van der Waals surface area contributed by atoms with Gasteiger partial charge in [0.15, 0.2) is 6.79 Å². The second-order valence-corrected chi connectivity index (χ2v) is 3.02. The number of carbonyl (C=O) groups is 1. The number of hydrogen-bond acceptors (Lipinski definition) is 5. The Morgan fingerprint density at radius 1 is 1.50 bits per heavy atom. The molecule has 0 saturated carbocycles. The highest BCUT2D eigenvalue weighted by molar-refractivity contribution is 7.87. The van der Waals surface area contributed by atoms with Gasteiger partial charge in [-0.1, -0.05) is 0 Å². The molecule has 0 amide bonds. The molecule has 12 heavy (non-hydrogen) atoms. The molecule has 0 aliphatic heterocycles. The number of alkyl halides is 2. The van der Waals surface area contributed by atoms with Crippen LogP contribution in [0.4, 0.5) is 8.78 Å². The molecule has 0 saturated heterocycles. The van der Waals surface area contributed by atoms with Gasteiger partial charge in [-0.3, -0.25) is 4.55 Å². The predicted octanol–water partition coefficient (Wildman–Crippen LogP) is -1.04. The summed E-state index contributed by atoms with van der Waals surface area (Å²) in [6, 6.07) is 0. The zero-order valence-electron chi connectivity index (χ0n) is 5.40. The molecule has 0 aromatic rings. The molecule has 2 N–H and O–H groups in total. The quantitative estimate of drug-likeness (QED) is 0.347. The van der Waals surface area contributed by atoms with E-state index in [2.05, 4.69) is 4.74 Å². The smallest absolute Gasteiger partial charge is 0.433 e. The van der Waals surface area contributed by atoms with Crippen molar-refractivity contribution in [3.05, 3.63) is 0 Å². The van der Waals surface area contributed by atoms with Gasteiger partial charge < -0.3 is 9.84 Å². The third-order valence-corrected chi connectivity index (χ3v) is 1.57. The largest absolute Gasteiger partial charge is 0.465 e. The molecule has 72 valence electrons. The number of halogens is 2. The van der Waals surface area contributed by atoms with E-state index in [4.69, 9.17) is 9.66 Å². The van der Waals surface area contributed by atoms with Gasteiger partial charge in [-0.2, -0.15) is 17.2 Å². The summed E-state index contributed by atoms with van der Waals surface area (Å²) in [6.45, 7) is -1.40. The van der Waals surface area contributed by atoms with Crippen LogP contribution in [0.25, 0.3) is 0 Å². The lowest BCUT2D eigenvalue weighted by Crippen LogP contribution is -2.39. The summed E-state index contributed by atoms with van der Waals surface area (Å²) < 4.78 is 54.8. The molecule has 0 fully saturated rings. The maximum Gasteiger partial charge on any atom is 0.465 e. The Morgan fingerprint density at radius 3 is 2.17 bits per heavy atom. The second kappa shape index (κ2) is 3.29. The molecule has 0 atom stereocenters. The third-order valence-electron chi connectivity index (χ3n) is 0.757. The number of rotatable bonds is 3. The number of aliphatic hydroxyl groups excluding tert-OH is 1. The molecule has 0 heterocycles. The average molecular weight is 206 g/mol. The number of hydrogen-bond donors (Lipinski definition) is 2. The van der Waals surface area contributed by atoms with E-state index in [1.165, 1.54) is 0 Å². The Balaban J connectivity index is 4.75. The third kappa shape index (κ3) is 2.09. The number of esters is 1.